The van der Waals surface area contributed by atoms with Crippen LogP contribution in [0.3, 0.4) is 0 Å². The third-order valence-corrected chi connectivity index (χ3v) is 6.39. The number of esters is 1. The molecular formula is C20H21N3O3. The number of rotatable bonds is 3. The Morgan fingerprint density at radius 3 is 1.96 bits per heavy atom. The maximum atomic E-state index is 13.8. The summed E-state index contributed by atoms with van der Waals surface area (Å²) in [6.07, 6.45) is 4.38. The van der Waals surface area contributed by atoms with Gasteiger partial charge < -0.3 is 4.74 Å². The van der Waals surface area contributed by atoms with Crippen molar-refractivity contribution in [2.45, 2.75) is 39.2 Å². The van der Waals surface area contributed by atoms with Crippen molar-refractivity contribution in [1.82, 2.24) is 9.97 Å². The number of aromatic nitrogens is 2. The Bertz CT molecular complexity index is 829. The van der Waals surface area contributed by atoms with E-state index < -0.39 is 16.4 Å². The van der Waals surface area contributed by atoms with Gasteiger partial charge in [-0.05, 0) is 44.0 Å². The van der Waals surface area contributed by atoms with Crippen LogP contribution in [-0.4, -0.2) is 27.4 Å². The number of ether oxygens (including phenoxy) is 1. The molecule has 2 bridgehead atoms. The molecule has 2 aliphatic rings. The number of carbonyl (C=O) groups excluding carboxylic acids is 2. The lowest BCUT2D eigenvalue weighted by Gasteiger charge is -2.38. The Morgan fingerprint density at radius 1 is 1.00 bits per heavy atom. The summed E-state index contributed by atoms with van der Waals surface area (Å²) in [6.45, 7) is 5.78. The van der Waals surface area contributed by atoms with Crippen molar-refractivity contribution in [2.75, 3.05) is 4.90 Å². The highest BCUT2D eigenvalue weighted by molar-refractivity contribution is 6.08. The van der Waals surface area contributed by atoms with Gasteiger partial charge in [-0.2, -0.15) is 0 Å². The van der Waals surface area contributed by atoms with E-state index in [1.54, 1.807) is 36.7 Å². The van der Waals surface area contributed by atoms with Gasteiger partial charge >= 0.3 is 5.97 Å². The molecule has 26 heavy (non-hydrogen) atoms. The molecule has 3 heterocycles. The fourth-order valence-corrected chi connectivity index (χ4v) is 4.20. The molecule has 1 aliphatic carbocycles. The minimum atomic E-state index is -1.21. The van der Waals surface area contributed by atoms with Crippen molar-refractivity contribution in [1.29, 1.82) is 0 Å². The van der Waals surface area contributed by atoms with Gasteiger partial charge in [0.25, 0.3) is 5.91 Å². The van der Waals surface area contributed by atoms with Gasteiger partial charge in [0.1, 0.15) is 11.6 Å². The number of hydrogen-bond acceptors (Lipinski definition) is 5. The van der Waals surface area contributed by atoms with Crippen molar-refractivity contribution < 1.29 is 14.3 Å². The van der Waals surface area contributed by atoms with Crippen LogP contribution in [0.5, 0.6) is 0 Å². The number of hydrogen-bond donors (Lipinski definition) is 0. The third kappa shape index (κ3) is 1.92. The zero-order valence-corrected chi connectivity index (χ0v) is 15.1. The summed E-state index contributed by atoms with van der Waals surface area (Å²) in [5.74, 6) is 0.314. The van der Waals surface area contributed by atoms with E-state index in [9.17, 15) is 9.59 Å². The number of fused-ring (bicyclic) bond motifs is 2. The number of pyridine rings is 2. The molecule has 1 saturated carbocycles. The first kappa shape index (κ1) is 16.7. The Morgan fingerprint density at radius 2 is 1.58 bits per heavy atom. The zero-order valence-electron chi connectivity index (χ0n) is 15.1. The minimum absolute atomic E-state index is 0.297. The summed E-state index contributed by atoms with van der Waals surface area (Å²) >= 11 is 0. The maximum Gasteiger partial charge on any atom is 0.313 e. The SMILES string of the molecule is CC1(C)[C@@]2(C)CC[C@]1(C(=O)N(c1ccccn1)c1ccccn1)OC2=O. The van der Waals surface area contributed by atoms with Gasteiger partial charge in [-0.1, -0.05) is 26.0 Å². The van der Waals surface area contributed by atoms with Crippen LogP contribution in [0.2, 0.25) is 0 Å². The average Bonchev–Trinajstić information content (AvgIpc) is 2.94. The van der Waals surface area contributed by atoms with E-state index >= 15 is 0 Å². The summed E-state index contributed by atoms with van der Waals surface area (Å²) in [7, 11) is 0. The molecule has 2 fully saturated rings. The Hall–Kier alpha value is -2.76. The molecule has 2 atom stereocenters. The van der Waals surface area contributed by atoms with Crippen LogP contribution >= 0.6 is 0 Å². The molecule has 0 radical (unpaired) electrons. The van der Waals surface area contributed by atoms with Crippen LogP contribution in [0.15, 0.2) is 48.8 Å². The van der Waals surface area contributed by atoms with Gasteiger partial charge in [0.2, 0.25) is 0 Å². The van der Waals surface area contributed by atoms with Gasteiger partial charge in [-0.15, -0.1) is 0 Å². The number of nitrogens with zero attached hydrogens (tertiary/aromatic N) is 3. The van der Waals surface area contributed by atoms with Crippen molar-refractivity contribution in [3.8, 4) is 0 Å². The van der Waals surface area contributed by atoms with Crippen molar-refractivity contribution in [3.63, 3.8) is 0 Å². The monoisotopic (exact) mass is 351 g/mol. The quantitative estimate of drug-likeness (QED) is 0.794. The highest BCUT2D eigenvalue weighted by Gasteiger charge is 2.76. The van der Waals surface area contributed by atoms with E-state index in [-0.39, 0.29) is 11.9 Å². The lowest BCUT2D eigenvalue weighted by Crippen LogP contribution is -2.54. The summed E-state index contributed by atoms with van der Waals surface area (Å²) in [6, 6.07) is 10.7. The fraction of sp³-hybridized carbons (Fsp3) is 0.400. The number of amides is 1. The molecule has 6 heteroatoms. The van der Waals surface area contributed by atoms with E-state index in [1.807, 2.05) is 32.9 Å². The van der Waals surface area contributed by atoms with Crippen LogP contribution in [-0.2, 0) is 14.3 Å². The highest BCUT2D eigenvalue weighted by atomic mass is 16.6. The normalized spacial score (nSPS) is 28.7. The van der Waals surface area contributed by atoms with E-state index in [2.05, 4.69) is 9.97 Å². The lowest BCUT2D eigenvalue weighted by atomic mass is 9.66. The number of anilines is 2. The molecule has 0 N–H and O–H groups in total. The third-order valence-electron chi connectivity index (χ3n) is 6.39. The second-order valence-corrected chi connectivity index (χ2v) is 7.69. The van der Waals surface area contributed by atoms with E-state index in [0.29, 0.717) is 24.5 Å². The Balaban J connectivity index is 1.86. The molecule has 0 spiro atoms. The molecule has 2 aromatic heterocycles. The molecule has 1 amide bonds. The largest absolute Gasteiger partial charge is 0.448 e. The molecule has 1 saturated heterocycles. The van der Waals surface area contributed by atoms with Gasteiger partial charge in [0, 0.05) is 17.8 Å². The van der Waals surface area contributed by atoms with Gasteiger partial charge in [0.15, 0.2) is 5.60 Å². The summed E-state index contributed by atoms with van der Waals surface area (Å²) in [5, 5.41) is 0. The summed E-state index contributed by atoms with van der Waals surface area (Å²) in [4.78, 5) is 36.5. The Kier molecular flexibility index (Phi) is 3.45. The van der Waals surface area contributed by atoms with Crippen LogP contribution in [0.1, 0.15) is 33.6 Å². The Labute approximate surface area is 152 Å². The van der Waals surface area contributed by atoms with E-state index in [0.717, 1.165) is 0 Å². The topological polar surface area (TPSA) is 72.4 Å². The predicted octanol–water partition coefficient (Wildman–Crippen LogP) is 3.26. The van der Waals surface area contributed by atoms with Crippen molar-refractivity contribution in [3.05, 3.63) is 48.8 Å². The molecule has 134 valence electrons. The molecule has 2 aromatic rings. The first-order valence-electron chi connectivity index (χ1n) is 8.74. The molecule has 0 unspecified atom stereocenters. The molecular weight excluding hydrogens is 330 g/mol. The van der Waals surface area contributed by atoms with Gasteiger partial charge in [-0.25, -0.2) is 14.9 Å². The smallest absolute Gasteiger partial charge is 0.313 e. The lowest BCUT2D eigenvalue weighted by molar-refractivity contribution is -0.166. The summed E-state index contributed by atoms with van der Waals surface area (Å²) in [5.41, 5.74) is -2.51. The van der Waals surface area contributed by atoms with Crippen molar-refractivity contribution >= 4 is 23.5 Å². The van der Waals surface area contributed by atoms with Crippen LogP contribution < -0.4 is 4.90 Å². The molecule has 0 aromatic carbocycles. The number of carbonyl (C=O) groups is 2. The first-order valence-corrected chi connectivity index (χ1v) is 8.74. The predicted molar refractivity (Wildman–Crippen MR) is 95.6 cm³/mol. The molecule has 6 nitrogen and oxygen atoms in total. The van der Waals surface area contributed by atoms with Gasteiger partial charge in [0.05, 0.1) is 5.41 Å². The molecule has 4 rings (SSSR count). The zero-order chi connectivity index (χ0) is 18.6. The van der Waals surface area contributed by atoms with Gasteiger partial charge in [-0.3, -0.25) is 9.59 Å². The molecule has 1 aliphatic heterocycles. The van der Waals surface area contributed by atoms with E-state index in [1.165, 1.54) is 4.90 Å². The first-order chi connectivity index (χ1) is 12.3. The fourth-order valence-electron chi connectivity index (χ4n) is 4.20. The standard InChI is InChI=1S/C20H21N3O3/c1-18(2)19(3)10-11-20(18,26-17(19)25)16(24)23(14-8-4-6-12-21-14)15-9-5-7-13-22-15/h4-9,12-13H,10-11H2,1-3H3/t19-,20+/m0/s1. The van der Waals surface area contributed by atoms with Crippen LogP contribution in [0, 0.1) is 10.8 Å². The van der Waals surface area contributed by atoms with Crippen molar-refractivity contribution in [2.24, 2.45) is 10.8 Å². The second-order valence-electron chi connectivity index (χ2n) is 7.69. The average molecular weight is 351 g/mol. The van der Waals surface area contributed by atoms with Crippen LogP contribution in [0.25, 0.3) is 0 Å². The van der Waals surface area contributed by atoms with E-state index in [4.69, 9.17) is 4.74 Å². The summed E-state index contributed by atoms with van der Waals surface area (Å²) < 4.78 is 5.77. The second kappa shape index (κ2) is 5.37. The van der Waals surface area contributed by atoms with Crippen LogP contribution in [0.4, 0.5) is 11.6 Å². The minimum Gasteiger partial charge on any atom is -0.448 e. The maximum absolute atomic E-state index is 13.8. The highest BCUT2D eigenvalue weighted by Crippen LogP contribution is 2.66.